The summed E-state index contributed by atoms with van der Waals surface area (Å²) in [4.78, 5) is 12.3. The summed E-state index contributed by atoms with van der Waals surface area (Å²) >= 11 is 0. The maximum absolute atomic E-state index is 12.3. The van der Waals surface area contributed by atoms with E-state index in [4.69, 9.17) is 0 Å². The van der Waals surface area contributed by atoms with Crippen LogP contribution in [0.2, 0.25) is 0 Å². The molecule has 0 saturated heterocycles. The van der Waals surface area contributed by atoms with Crippen LogP contribution in [0.25, 0.3) is 0 Å². The first kappa shape index (κ1) is 12.4. The lowest BCUT2D eigenvalue weighted by molar-refractivity contribution is -0.132. The number of carbonyl (C=O) groups is 1. The van der Waals surface area contributed by atoms with Crippen LogP contribution in [0.15, 0.2) is 11.6 Å². The fourth-order valence-electron chi connectivity index (χ4n) is 4.82. The minimum absolute atomic E-state index is 0.101. The lowest BCUT2D eigenvalue weighted by Gasteiger charge is -2.55. The van der Waals surface area contributed by atoms with Crippen molar-refractivity contribution in [3.05, 3.63) is 11.6 Å². The molecule has 2 heteroatoms. The zero-order valence-electron chi connectivity index (χ0n) is 11.5. The molecule has 0 aromatic heterocycles. The number of allylic oxidation sites excluding steroid dienone is 2. The summed E-state index contributed by atoms with van der Waals surface area (Å²) < 4.78 is 0. The van der Waals surface area contributed by atoms with Crippen molar-refractivity contribution < 1.29 is 9.90 Å². The Labute approximate surface area is 109 Å². The summed E-state index contributed by atoms with van der Waals surface area (Å²) in [6.07, 6.45) is 8.28. The molecule has 3 aliphatic rings. The summed E-state index contributed by atoms with van der Waals surface area (Å²) in [6, 6.07) is 0. The average Bonchev–Trinajstić information content (AvgIpc) is 2.34. The Morgan fingerprint density at radius 3 is 2.89 bits per heavy atom. The number of hydrogen-bond donors (Lipinski definition) is 1. The molecule has 0 unspecified atom stereocenters. The second kappa shape index (κ2) is 4.19. The van der Waals surface area contributed by atoms with E-state index in [-0.39, 0.29) is 17.4 Å². The van der Waals surface area contributed by atoms with Gasteiger partial charge in [0.05, 0.1) is 6.10 Å². The van der Waals surface area contributed by atoms with E-state index in [0.717, 1.165) is 44.1 Å². The molecule has 0 aromatic carbocycles. The van der Waals surface area contributed by atoms with Crippen LogP contribution < -0.4 is 0 Å². The average molecular weight is 248 g/mol. The highest BCUT2D eigenvalue weighted by molar-refractivity contribution is 5.97. The van der Waals surface area contributed by atoms with Crippen LogP contribution >= 0.6 is 0 Å². The van der Waals surface area contributed by atoms with Crippen LogP contribution in [0, 0.1) is 23.2 Å². The monoisotopic (exact) mass is 248 g/mol. The lowest BCUT2D eigenvalue weighted by atomic mass is 9.50. The molecule has 0 heterocycles. The van der Waals surface area contributed by atoms with Crippen LogP contribution in [0.4, 0.5) is 0 Å². The van der Waals surface area contributed by atoms with Gasteiger partial charge in [0.2, 0.25) is 0 Å². The molecule has 2 nitrogen and oxygen atoms in total. The summed E-state index contributed by atoms with van der Waals surface area (Å²) in [5.41, 5.74) is 1.27. The van der Waals surface area contributed by atoms with Crippen molar-refractivity contribution in [1.29, 1.82) is 0 Å². The van der Waals surface area contributed by atoms with Crippen molar-refractivity contribution in [2.24, 2.45) is 23.2 Å². The van der Waals surface area contributed by atoms with Gasteiger partial charge in [0.25, 0.3) is 0 Å². The van der Waals surface area contributed by atoms with Crippen LogP contribution in [-0.4, -0.2) is 17.0 Å². The molecule has 0 bridgehead atoms. The van der Waals surface area contributed by atoms with Gasteiger partial charge in [-0.2, -0.15) is 0 Å². The van der Waals surface area contributed by atoms with Crippen molar-refractivity contribution in [3.63, 3.8) is 0 Å². The summed E-state index contributed by atoms with van der Waals surface area (Å²) in [5.74, 6) is 1.82. The summed E-state index contributed by atoms with van der Waals surface area (Å²) in [7, 11) is 0. The number of aliphatic hydroxyl groups excluding tert-OH is 1. The van der Waals surface area contributed by atoms with E-state index in [1.807, 2.05) is 6.92 Å². The topological polar surface area (TPSA) is 37.3 Å². The fraction of sp³-hybridized carbons (Fsp3) is 0.812. The Kier molecular flexibility index (Phi) is 2.89. The van der Waals surface area contributed by atoms with Crippen molar-refractivity contribution in [2.75, 3.05) is 0 Å². The zero-order chi connectivity index (χ0) is 12.9. The van der Waals surface area contributed by atoms with Crippen LogP contribution in [0.3, 0.4) is 0 Å². The minimum Gasteiger partial charge on any atom is -0.393 e. The van der Waals surface area contributed by atoms with Gasteiger partial charge in [0, 0.05) is 5.92 Å². The SMILES string of the molecule is CC1=CC[C@@H]2[C@H](CC[C@@H]3C[C@@H](O)CC[C@@]32C)C1=O. The third-order valence-electron chi connectivity index (χ3n) is 6.07. The maximum atomic E-state index is 12.3. The highest BCUT2D eigenvalue weighted by Gasteiger charge is 2.52. The smallest absolute Gasteiger partial charge is 0.161 e. The first-order valence-electron chi connectivity index (χ1n) is 7.41. The molecule has 0 amide bonds. The van der Waals surface area contributed by atoms with E-state index in [2.05, 4.69) is 13.0 Å². The first-order valence-corrected chi connectivity index (χ1v) is 7.41. The number of carbonyl (C=O) groups excluding carboxylic acids is 1. The van der Waals surface area contributed by atoms with Crippen molar-refractivity contribution in [1.82, 2.24) is 0 Å². The number of Topliss-reactive ketones (excluding diaryl/α,β-unsaturated/α-hetero) is 1. The highest BCUT2D eigenvalue weighted by Crippen LogP contribution is 2.57. The van der Waals surface area contributed by atoms with E-state index in [0.29, 0.717) is 17.6 Å². The van der Waals surface area contributed by atoms with E-state index in [1.54, 1.807) is 0 Å². The molecule has 2 fully saturated rings. The molecule has 3 rings (SSSR count). The van der Waals surface area contributed by atoms with Crippen LogP contribution in [0.5, 0.6) is 0 Å². The van der Waals surface area contributed by atoms with E-state index < -0.39 is 0 Å². The van der Waals surface area contributed by atoms with E-state index in [9.17, 15) is 9.90 Å². The number of aliphatic hydroxyl groups is 1. The van der Waals surface area contributed by atoms with Crippen LogP contribution in [-0.2, 0) is 4.79 Å². The van der Waals surface area contributed by atoms with Gasteiger partial charge in [-0.05, 0) is 68.3 Å². The molecule has 18 heavy (non-hydrogen) atoms. The standard InChI is InChI=1S/C16H24O2/c1-10-3-6-14-13(15(10)18)5-4-11-9-12(17)7-8-16(11,14)2/h3,11-14,17H,4-9H2,1-2H3/t11-,12+,13+,14-,16+/m1/s1. The van der Waals surface area contributed by atoms with Gasteiger partial charge in [-0.25, -0.2) is 0 Å². The van der Waals surface area contributed by atoms with Gasteiger partial charge >= 0.3 is 0 Å². The van der Waals surface area contributed by atoms with E-state index >= 15 is 0 Å². The number of hydrogen-bond acceptors (Lipinski definition) is 2. The second-order valence-corrected chi connectivity index (χ2v) is 6.91. The third-order valence-corrected chi connectivity index (χ3v) is 6.07. The predicted molar refractivity (Wildman–Crippen MR) is 71.0 cm³/mol. The Morgan fingerprint density at radius 2 is 2.11 bits per heavy atom. The third kappa shape index (κ3) is 1.69. The van der Waals surface area contributed by atoms with Gasteiger partial charge in [0.15, 0.2) is 5.78 Å². The first-order chi connectivity index (χ1) is 8.52. The van der Waals surface area contributed by atoms with Gasteiger partial charge < -0.3 is 5.11 Å². The van der Waals surface area contributed by atoms with Gasteiger partial charge in [-0.1, -0.05) is 13.0 Å². The van der Waals surface area contributed by atoms with Crippen molar-refractivity contribution in [3.8, 4) is 0 Å². The molecule has 100 valence electrons. The van der Waals surface area contributed by atoms with Gasteiger partial charge in [-0.15, -0.1) is 0 Å². The lowest BCUT2D eigenvalue weighted by Crippen LogP contribution is -2.50. The fourth-order valence-corrected chi connectivity index (χ4v) is 4.82. The Balaban J connectivity index is 1.91. The van der Waals surface area contributed by atoms with Crippen molar-refractivity contribution >= 4 is 5.78 Å². The molecule has 0 aliphatic heterocycles. The molecule has 1 N–H and O–H groups in total. The maximum Gasteiger partial charge on any atom is 0.161 e. The summed E-state index contributed by atoms with van der Waals surface area (Å²) in [5, 5.41) is 9.87. The number of ketones is 1. The Morgan fingerprint density at radius 1 is 1.33 bits per heavy atom. The molecule has 0 radical (unpaired) electrons. The van der Waals surface area contributed by atoms with Crippen LogP contribution in [0.1, 0.15) is 52.4 Å². The number of fused-ring (bicyclic) bond motifs is 3. The highest BCUT2D eigenvalue weighted by atomic mass is 16.3. The predicted octanol–water partition coefficient (Wildman–Crippen LogP) is 3.10. The normalized spacial score (nSPS) is 48.2. The van der Waals surface area contributed by atoms with Gasteiger partial charge in [0.1, 0.15) is 0 Å². The van der Waals surface area contributed by atoms with Gasteiger partial charge in [-0.3, -0.25) is 4.79 Å². The molecule has 3 aliphatic carbocycles. The molecule has 5 atom stereocenters. The molecule has 0 aromatic rings. The molecular formula is C16H24O2. The number of rotatable bonds is 0. The Hall–Kier alpha value is -0.630. The molecular weight excluding hydrogens is 224 g/mol. The quantitative estimate of drug-likeness (QED) is 0.715. The summed E-state index contributed by atoms with van der Waals surface area (Å²) in [6.45, 7) is 4.35. The zero-order valence-corrected chi connectivity index (χ0v) is 11.5. The minimum atomic E-state index is -0.101. The second-order valence-electron chi connectivity index (χ2n) is 6.91. The molecule has 0 spiro atoms. The largest absolute Gasteiger partial charge is 0.393 e. The van der Waals surface area contributed by atoms with E-state index in [1.165, 1.54) is 0 Å². The molecule has 2 saturated carbocycles. The van der Waals surface area contributed by atoms with Crippen molar-refractivity contribution in [2.45, 2.75) is 58.5 Å². The Bertz CT molecular complexity index is 398.